The molecular formula is C13H23N3O2. The first-order chi connectivity index (χ1) is 8.34. The summed E-state index contributed by atoms with van der Waals surface area (Å²) in [6, 6.07) is 1.52. The van der Waals surface area contributed by atoms with Crippen molar-refractivity contribution in [1.29, 1.82) is 0 Å². The quantitative estimate of drug-likeness (QED) is 0.791. The van der Waals surface area contributed by atoms with E-state index in [0.717, 1.165) is 18.7 Å². The molecule has 1 heterocycles. The second-order valence-corrected chi connectivity index (χ2v) is 5.15. The fourth-order valence-electron chi connectivity index (χ4n) is 1.86. The number of likely N-dealkylation sites (N-methyl/N-ethyl adjacent to an activating group) is 1. The molecule has 0 unspecified atom stereocenters. The number of hydrogen-bond acceptors (Lipinski definition) is 4. The summed E-state index contributed by atoms with van der Waals surface area (Å²) in [5, 5.41) is 9.82. The van der Waals surface area contributed by atoms with Crippen molar-refractivity contribution < 1.29 is 5.11 Å². The van der Waals surface area contributed by atoms with Gasteiger partial charge in [0.25, 0.3) is 5.56 Å². The molecule has 0 saturated heterocycles. The van der Waals surface area contributed by atoms with Crippen LogP contribution in [0.3, 0.4) is 0 Å². The Hall–Kier alpha value is -1.20. The van der Waals surface area contributed by atoms with E-state index in [1.54, 1.807) is 13.8 Å². The lowest BCUT2D eigenvalue weighted by atomic mass is 10.1. The highest BCUT2D eigenvalue weighted by atomic mass is 16.3. The van der Waals surface area contributed by atoms with E-state index in [4.69, 9.17) is 0 Å². The van der Waals surface area contributed by atoms with Crippen molar-refractivity contribution in [2.75, 3.05) is 13.1 Å². The summed E-state index contributed by atoms with van der Waals surface area (Å²) >= 11 is 0. The second-order valence-electron chi connectivity index (χ2n) is 5.15. The largest absolute Gasteiger partial charge is 0.389 e. The highest BCUT2D eigenvalue weighted by Crippen LogP contribution is 2.07. The van der Waals surface area contributed by atoms with E-state index in [0.29, 0.717) is 18.9 Å². The molecule has 0 spiro atoms. The summed E-state index contributed by atoms with van der Waals surface area (Å²) in [4.78, 5) is 20.6. The molecule has 0 aromatic carbocycles. The van der Waals surface area contributed by atoms with Crippen LogP contribution in [0.1, 0.15) is 39.2 Å². The van der Waals surface area contributed by atoms with Gasteiger partial charge in [-0.15, -0.1) is 0 Å². The van der Waals surface area contributed by atoms with Gasteiger partial charge in [0.1, 0.15) is 5.82 Å². The first kappa shape index (κ1) is 14.9. The van der Waals surface area contributed by atoms with Gasteiger partial charge in [0.05, 0.1) is 12.1 Å². The highest BCUT2D eigenvalue weighted by molar-refractivity contribution is 5.02. The van der Waals surface area contributed by atoms with Crippen molar-refractivity contribution in [2.24, 2.45) is 0 Å². The van der Waals surface area contributed by atoms with Crippen LogP contribution in [0.15, 0.2) is 10.9 Å². The minimum Gasteiger partial charge on any atom is -0.389 e. The summed E-state index contributed by atoms with van der Waals surface area (Å²) in [6.07, 6.45) is 0.745. The lowest BCUT2D eigenvalue weighted by Crippen LogP contribution is -2.38. The lowest BCUT2D eigenvalue weighted by Gasteiger charge is -2.27. The molecule has 2 N–H and O–H groups in total. The van der Waals surface area contributed by atoms with Gasteiger partial charge >= 0.3 is 0 Å². The molecule has 1 aromatic heterocycles. The summed E-state index contributed by atoms with van der Waals surface area (Å²) in [5.74, 6) is 0.658. The van der Waals surface area contributed by atoms with E-state index in [2.05, 4.69) is 14.9 Å². The zero-order chi connectivity index (χ0) is 13.8. The topological polar surface area (TPSA) is 69.2 Å². The zero-order valence-corrected chi connectivity index (χ0v) is 11.7. The van der Waals surface area contributed by atoms with Gasteiger partial charge in [-0.2, -0.15) is 0 Å². The first-order valence-corrected chi connectivity index (χ1v) is 6.38. The van der Waals surface area contributed by atoms with E-state index < -0.39 is 5.60 Å². The van der Waals surface area contributed by atoms with Crippen molar-refractivity contribution in [3.63, 3.8) is 0 Å². The van der Waals surface area contributed by atoms with Crippen LogP contribution in [0.5, 0.6) is 0 Å². The monoisotopic (exact) mass is 253 g/mol. The van der Waals surface area contributed by atoms with Crippen LogP contribution in [-0.2, 0) is 13.0 Å². The maximum absolute atomic E-state index is 11.5. The molecule has 0 atom stereocenters. The average molecular weight is 253 g/mol. The van der Waals surface area contributed by atoms with Gasteiger partial charge in [0, 0.05) is 18.3 Å². The lowest BCUT2D eigenvalue weighted by molar-refractivity contribution is 0.0345. The van der Waals surface area contributed by atoms with Crippen LogP contribution in [-0.4, -0.2) is 38.7 Å². The van der Waals surface area contributed by atoms with Gasteiger partial charge in [0.2, 0.25) is 0 Å². The fraction of sp³-hybridized carbons (Fsp3) is 0.692. The molecule has 0 aliphatic carbocycles. The smallest absolute Gasteiger partial charge is 0.251 e. The summed E-state index contributed by atoms with van der Waals surface area (Å²) < 4.78 is 0. The molecule has 18 heavy (non-hydrogen) atoms. The molecule has 0 aliphatic rings. The molecule has 0 saturated carbocycles. The van der Waals surface area contributed by atoms with Gasteiger partial charge in [0.15, 0.2) is 0 Å². The SMILES string of the molecule is CCc1cc(=O)[nH]c(CN(CC)CC(C)(C)O)n1. The summed E-state index contributed by atoms with van der Waals surface area (Å²) in [6.45, 7) is 9.42. The standard InChI is InChI=1S/C13H23N3O2/c1-5-10-7-12(17)15-11(14-10)8-16(6-2)9-13(3,4)18/h7,18H,5-6,8-9H2,1-4H3,(H,14,15,17). The molecule has 0 amide bonds. The van der Waals surface area contributed by atoms with E-state index in [9.17, 15) is 9.90 Å². The number of rotatable bonds is 6. The first-order valence-electron chi connectivity index (χ1n) is 6.38. The predicted molar refractivity (Wildman–Crippen MR) is 71.5 cm³/mol. The minimum absolute atomic E-state index is 0.115. The maximum atomic E-state index is 11.5. The Bertz CT molecular complexity index is 435. The Morgan fingerprint density at radius 2 is 2.11 bits per heavy atom. The van der Waals surface area contributed by atoms with Gasteiger partial charge < -0.3 is 10.1 Å². The van der Waals surface area contributed by atoms with Gasteiger partial charge in [-0.3, -0.25) is 9.69 Å². The Morgan fingerprint density at radius 3 is 2.61 bits per heavy atom. The van der Waals surface area contributed by atoms with Crippen LogP contribution in [0.25, 0.3) is 0 Å². The van der Waals surface area contributed by atoms with E-state index in [1.807, 2.05) is 13.8 Å². The molecule has 0 bridgehead atoms. The predicted octanol–water partition coefficient (Wildman–Crippen LogP) is 0.925. The van der Waals surface area contributed by atoms with Crippen molar-refractivity contribution in [3.8, 4) is 0 Å². The van der Waals surface area contributed by atoms with Crippen LogP contribution in [0.2, 0.25) is 0 Å². The van der Waals surface area contributed by atoms with Crippen molar-refractivity contribution in [1.82, 2.24) is 14.9 Å². The number of H-pyrrole nitrogens is 1. The average Bonchev–Trinajstić information content (AvgIpc) is 2.25. The van der Waals surface area contributed by atoms with Crippen molar-refractivity contribution in [3.05, 3.63) is 27.9 Å². The van der Waals surface area contributed by atoms with Crippen LogP contribution in [0.4, 0.5) is 0 Å². The molecule has 1 rings (SSSR count). The van der Waals surface area contributed by atoms with Crippen molar-refractivity contribution in [2.45, 2.75) is 46.3 Å². The van der Waals surface area contributed by atoms with Gasteiger partial charge in [-0.05, 0) is 26.8 Å². The Kier molecular flexibility index (Phi) is 5.04. The Labute approximate surface area is 108 Å². The molecule has 0 aliphatic heterocycles. The number of aromatic amines is 1. The highest BCUT2D eigenvalue weighted by Gasteiger charge is 2.18. The van der Waals surface area contributed by atoms with E-state index in [1.165, 1.54) is 6.07 Å². The van der Waals surface area contributed by atoms with E-state index >= 15 is 0 Å². The van der Waals surface area contributed by atoms with Gasteiger partial charge in [-0.25, -0.2) is 4.98 Å². The molecule has 102 valence electrons. The molecule has 5 nitrogen and oxygen atoms in total. The Morgan fingerprint density at radius 1 is 1.44 bits per heavy atom. The normalized spacial score (nSPS) is 12.1. The summed E-state index contributed by atoms with van der Waals surface area (Å²) in [5.41, 5.74) is -0.0669. The van der Waals surface area contributed by atoms with Gasteiger partial charge in [-0.1, -0.05) is 13.8 Å². The third kappa shape index (κ3) is 4.98. The zero-order valence-electron chi connectivity index (χ0n) is 11.7. The molecule has 1 aromatic rings. The van der Waals surface area contributed by atoms with E-state index in [-0.39, 0.29) is 5.56 Å². The second kappa shape index (κ2) is 6.11. The van der Waals surface area contributed by atoms with Crippen LogP contribution < -0.4 is 5.56 Å². The number of aromatic nitrogens is 2. The minimum atomic E-state index is -0.751. The number of hydrogen-bond donors (Lipinski definition) is 2. The number of nitrogens with zero attached hydrogens (tertiary/aromatic N) is 2. The number of nitrogens with one attached hydrogen (secondary N) is 1. The van der Waals surface area contributed by atoms with Crippen LogP contribution in [0, 0.1) is 0 Å². The fourth-order valence-corrected chi connectivity index (χ4v) is 1.86. The molecule has 0 radical (unpaired) electrons. The van der Waals surface area contributed by atoms with Crippen molar-refractivity contribution >= 4 is 0 Å². The molecular weight excluding hydrogens is 230 g/mol. The number of aryl methyl sites for hydroxylation is 1. The maximum Gasteiger partial charge on any atom is 0.251 e. The Balaban J connectivity index is 2.81. The summed E-state index contributed by atoms with van der Waals surface area (Å²) in [7, 11) is 0. The molecule has 0 fully saturated rings. The number of aliphatic hydroxyl groups is 1. The third-order valence-electron chi connectivity index (χ3n) is 2.64. The van der Waals surface area contributed by atoms with Crippen LogP contribution >= 0.6 is 0 Å². The third-order valence-corrected chi connectivity index (χ3v) is 2.64. The molecule has 5 heteroatoms.